The van der Waals surface area contributed by atoms with Gasteiger partial charge in [-0.25, -0.2) is 0 Å². The zero-order valence-electron chi connectivity index (χ0n) is 11.1. The van der Waals surface area contributed by atoms with E-state index in [2.05, 4.69) is 24.4 Å². The molecule has 1 fully saturated rings. The minimum absolute atomic E-state index is 0.111. The molecular weight excluding hydrogens is 226 g/mol. The van der Waals surface area contributed by atoms with Gasteiger partial charge in [0.25, 0.3) is 0 Å². The van der Waals surface area contributed by atoms with Gasteiger partial charge in [-0.3, -0.25) is 0 Å². The average Bonchev–Trinajstić information content (AvgIpc) is 2.47. The standard InChI is InChI=1S/C15H23NO2/c1-15(12-17,14-5-3-2-4-6-14)16-11-13-7-9-18-10-8-13/h2-6,13,16-17H,7-12H2,1H3. The van der Waals surface area contributed by atoms with E-state index in [1.807, 2.05) is 18.2 Å². The van der Waals surface area contributed by atoms with Crippen molar-refractivity contribution < 1.29 is 9.84 Å². The van der Waals surface area contributed by atoms with E-state index in [1.54, 1.807) is 0 Å². The second kappa shape index (κ2) is 6.32. The maximum absolute atomic E-state index is 9.68. The van der Waals surface area contributed by atoms with Crippen molar-refractivity contribution in [3.8, 4) is 0 Å². The number of ether oxygens (including phenoxy) is 1. The summed E-state index contributed by atoms with van der Waals surface area (Å²) in [6.45, 7) is 4.85. The zero-order chi connectivity index (χ0) is 12.8. The molecule has 1 saturated heterocycles. The first-order valence-electron chi connectivity index (χ1n) is 6.74. The SMILES string of the molecule is CC(CO)(NCC1CCOCC1)c1ccccc1. The number of aliphatic hydroxyl groups is 1. The highest BCUT2D eigenvalue weighted by Gasteiger charge is 2.26. The van der Waals surface area contributed by atoms with E-state index < -0.39 is 0 Å². The third-order valence-corrected chi connectivity index (χ3v) is 3.85. The largest absolute Gasteiger partial charge is 0.394 e. The van der Waals surface area contributed by atoms with Crippen LogP contribution in [0.1, 0.15) is 25.3 Å². The lowest BCUT2D eigenvalue weighted by Gasteiger charge is -2.32. The number of nitrogens with one attached hydrogen (secondary N) is 1. The quantitative estimate of drug-likeness (QED) is 0.837. The molecule has 100 valence electrons. The van der Waals surface area contributed by atoms with Gasteiger partial charge in [0.2, 0.25) is 0 Å². The summed E-state index contributed by atoms with van der Waals surface area (Å²) in [7, 11) is 0. The van der Waals surface area contributed by atoms with E-state index in [4.69, 9.17) is 4.74 Å². The van der Waals surface area contributed by atoms with Gasteiger partial charge < -0.3 is 15.2 Å². The van der Waals surface area contributed by atoms with Crippen LogP contribution in [-0.2, 0) is 10.3 Å². The molecule has 1 unspecified atom stereocenters. The topological polar surface area (TPSA) is 41.5 Å². The number of aliphatic hydroxyl groups excluding tert-OH is 1. The van der Waals surface area contributed by atoms with Gasteiger partial charge in [0.1, 0.15) is 0 Å². The Balaban J connectivity index is 1.95. The molecule has 3 nitrogen and oxygen atoms in total. The fraction of sp³-hybridized carbons (Fsp3) is 0.600. The zero-order valence-corrected chi connectivity index (χ0v) is 11.1. The van der Waals surface area contributed by atoms with Gasteiger partial charge in [-0.05, 0) is 37.8 Å². The van der Waals surface area contributed by atoms with Crippen molar-refractivity contribution in [3.63, 3.8) is 0 Å². The van der Waals surface area contributed by atoms with Crippen molar-refractivity contribution in [1.29, 1.82) is 0 Å². The average molecular weight is 249 g/mol. The van der Waals surface area contributed by atoms with Crippen LogP contribution in [0.2, 0.25) is 0 Å². The van der Waals surface area contributed by atoms with Crippen molar-refractivity contribution in [3.05, 3.63) is 35.9 Å². The van der Waals surface area contributed by atoms with Crippen LogP contribution in [0.5, 0.6) is 0 Å². The Bertz CT molecular complexity index is 349. The molecule has 1 aliphatic heterocycles. The van der Waals surface area contributed by atoms with Crippen LogP contribution in [0.15, 0.2) is 30.3 Å². The summed E-state index contributed by atoms with van der Waals surface area (Å²) in [4.78, 5) is 0. The normalized spacial score (nSPS) is 20.6. The lowest BCUT2D eigenvalue weighted by molar-refractivity contribution is 0.0610. The molecule has 3 heteroatoms. The molecule has 1 atom stereocenters. The van der Waals surface area contributed by atoms with Crippen molar-refractivity contribution in [2.24, 2.45) is 5.92 Å². The van der Waals surface area contributed by atoms with Crippen molar-refractivity contribution in [2.75, 3.05) is 26.4 Å². The second-order valence-corrected chi connectivity index (χ2v) is 5.29. The Kier molecular flexibility index (Phi) is 4.75. The third kappa shape index (κ3) is 3.31. The maximum atomic E-state index is 9.68. The number of hydrogen-bond acceptors (Lipinski definition) is 3. The fourth-order valence-corrected chi connectivity index (χ4v) is 2.38. The summed E-state index contributed by atoms with van der Waals surface area (Å²) >= 11 is 0. The predicted molar refractivity (Wildman–Crippen MR) is 72.4 cm³/mol. The lowest BCUT2D eigenvalue weighted by atomic mass is 9.91. The summed E-state index contributed by atoms with van der Waals surface area (Å²) in [6.07, 6.45) is 2.23. The molecule has 1 aromatic carbocycles. The first kappa shape index (κ1) is 13.5. The Labute approximate surface area is 109 Å². The first-order valence-corrected chi connectivity index (χ1v) is 6.74. The monoisotopic (exact) mass is 249 g/mol. The summed E-state index contributed by atoms with van der Waals surface area (Å²) in [5.41, 5.74) is 0.791. The van der Waals surface area contributed by atoms with Crippen LogP contribution >= 0.6 is 0 Å². The number of benzene rings is 1. The molecule has 0 aromatic heterocycles. The molecular formula is C15H23NO2. The Morgan fingerprint density at radius 2 is 1.94 bits per heavy atom. The smallest absolute Gasteiger partial charge is 0.0652 e. The summed E-state index contributed by atoms with van der Waals surface area (Å²) < 4.78 is 5.37. The van der Waals surface area contributed by atoms with E-state index in [-0.39, 0.29) is 12.1 Å². The van der Waals surface area contributed by atoms with Gasteiger partial charge in [-0.2, -0.15) is 0 Å². The van der Waals surface area contributed by atoms with E-state index in [9.17, 15) is 5.11 Å². The van der Waals surface area contributed by atoms with Crippen LogP contribution in [0.4, 0.5) is 0 Å². The van der Waals surface area contributed by atoms with E-state index in [0.29, 0.717) is 5.92 Å². The molecule has 2 N–H and O–H groups in total. The van der Waals surface area contributed by atoms with Gasteiger partial charge in [0.15, 0.2) is 0 Å². The minimum Gasteiger partial charge on any atom is -0.394 e. The molecule has 0 bridgehead atoms. The van der Waals surface area contributed by atoms with Crippen LogP contribution < -0.4 is 5.32 Å². The first-order chi connectivity index (χ1) is 8.74. The summed E-state index contributed by atoms with van der Waals surface area (Å²) in [5, 5.41) is 13.2. The van der Waals surface area contributed by atoms with Crippen molar-refractivity contribution in [1.82, 2.24) is 5.32 Å². The Morgan fingerprint density at radius 1 is 1.28 bits per heavy atom. The van der Waals surface area contributed by atoms with E-state index in [0.717, 1.165) is 38.2 Å². The van der Waals surface area contributed by atoms with E-state index >= 15 is 0 Å². The van der Waals surface area contributed by atoms with Crippen LogP contribution in [-0.4, -0.2) is 31.5 Å². The highest BCUT2D eigenvalue weighted by molar-refractivity contribution is 5.23. The molecule has 2 rings (SSSR count). The predicted octanol–water partition coefficient (Wildman–Crippen LogP) is 1.91. The molecule has 0 saturated carbocycles. The summed E-state index contributed by atoms with van der Waals surface area (Å²) in [5.74, 6) is 0.660. The van der Waals surface area contributed by atoms with Crippen LogP contribution in [0.25, 0.3) is 0 Å². The number of hydrogen-bond donors (Lipinski definition) is 2. The van der Waals surface area contributed by atoms with Gasteiger partial charge in [0.05, 0.1) is 12.1 Å². The van der Waals surface area contributed by atoms with Crippen LogP contribution in [0, 0.1) is 5.92 Å². The maximum Gasteiger partial charge on any atom is 0.0652 e. The third-order valence-electron chi connectivity index (χ3n) is 3.85. The molecule has 1 aliphatic rings. The molecule has 0 amide bonds. The lowest BCUT2D eigenvalue weighted by Crippen LogP contribution is -2.45. The molecule has 1 aromatic rings. The van der Waals surface area contributed by atoms with Crippen LogP contribution in [0.3, 0.4) is 0 Å². The fourth-order valence-electron chi connectivity index (χ4n) is 2.38. The van der Waals surface area contributed by atoms with Gasteiger partial charge >= 0.3 is 0 Å². The van der Waals surface area contributed by atoms with E-state index in [1.165, 1.54) is 0 Å². The molecule has 0 spiro atoms. The highest BCUT2D eigenvalue weighted by Crippen LogP contribution is 2.21. The molecule has 1 heterocycles. The highest BCUT2D eigenvalue weighted by atomic mass is 16.5. The number of rotatable bonds is 5. The van der Waals surface area contributed by atoms with Crippen molar-refractivity contribution in [2.45, 2.75) is 25.3 Å². The van der Waals surface area contributed by atoms with Gasteiger partial charge in [-0.1, -0.05) is 30.3 Å². The Morgan fingerprint density at radius 3 is 2.56 bits per heavy atom. The second-order valence-electron chi connectivity index (χ2n) is 5.29. The van der Waals surface area contributed by atoms with Gasteiger partial charge in [-0.15, -0.1) is 0 Å². The van der Waals surface area contributed by atoms with Crippen molar-refractivity contribution >= 4 is 0 Å². The summed E-state index contributed by atoms with van der Waals surface area (Å²) in [6, 6.07) is 10.2. The molecule has 0 radical (unpaired) electrons. The minimum atomic E-state index is -0.348. The molecule has 0 aliphatic carbocycles. The Hall–Kier alpha value is -0.900. The van der Waals surface area contributed by atoms with Gasteiger partial charge in [0, 0.05) is 13.2 Å². The molecule has 18 heavy (non-hydrogen) atoms.